The van der Waals surface area contributed by atoms with Crippen LogP contribution in [0.25, 0.3) is 0 Å². The van der Waals surface area contributed by atoms with Gasteiger partial charge >= 0.3 is 6.18 Å². The van der Waals surface area contributed by atoms with Gasteiger partial charge in [-0.25, -0.2) is 8.42 Å². The SMILES string of the molecule is CCC(O)CNCCCS(=O)(=O)CCC(F)(F)F. The van der Waals surface area contributed by atoms with Crippen LogP contribution in [0.1, 0.15) is 26.2 Å². The van der Waals surface area contributed by atoms with Crippen molar-refractivity contribution in [3.8, 4) is 0 Å². The zero-order chi connectivity index (χ0) is 14.2. The standard InChI is InChI=1S/C10H20F3NO3S/c1-2-9(15)8-14-5-3-6-18(16,17)7-4-10(11,12)13/h9,14-15H,2-8H2,1H3. The van der Waals surface area contributed by atoms with Gasteiger partial charge < -0.3 is 10.4 Å². The topological polar surface area (TPSA) is 66.4 Å². The first kappa shape index (κ1) is 17.7. The van der Waals surface area contributed by atoms with Gasteiger partial charge in [-0.15, -0.1) is 0 Å². The van der Waals surface area contributed by atoms with Crippen LogP contribution in [0.5, 0.6) is 0 Å². The molecule has 0 bridgehead atoms. The summed E-state index contributed by atoms with van der Waals surface area (Å²) >= 11 is 0. The maximum Gasteiger partial charge on any atom is 0.390 e. The fourth-order valence-electron chi connectivity index (χ4n) is 1.20. The third-order valence-corrected chi connectivity index (χ3v) is 4.09. The molecule has 2 N–H and O–H groups in total. The van der Waals surface area contributed by atoms with Gasteiger partial charge in [-0.2, -0.15) is 13.2 Å². The first-order valence-corrected chi connectivity index (χ1v) is 7.64. The van der Waals surface area contributed by atoms with Crippen LogP contribution in [0.2, 0.25) is 0 Å². The van der Waals surface area contributed by atoms with E-state index < -0.39 is 34.3 Å². The van der Waals surface area contributed by atoms with E-state index in [1.165, 1.54) is 0 Å². The highest BCUT2D eigenvalue weighted by Crippen LogP contribution is 2.20. The summed E-state index contributed by atoms with van der Waals surface area (Å²) in [6.07, 6.45) is -5.37. The van der Waals surface area contributed by atoms with Crippen LogP contribution in [0.3, 0.4) is 0 Å². The van der Waals surface area contributed by atoms with E-state index in [0.29, 0.717) is 19.5 Å². The highest BCUT2D eigenvalue weighted by molar-refractivity contribution is 7.91. The van der Waals surface area contributed by atoms with Crippen LogP contribution < -0.4 is 5.32 Å². The number of aliphatic hydroxyl groups excluding tert-OH is 1. The first-order chi connectivity index (χ1) is 8.16. The molecule has 0 saturated carbocycles. The van der Waals surface area contributed by atoms with Gasteiger partial charge in [0.2, 0.25) is 0 Å². The van der Waals surface area contributed by atoms with Gasteiger partial charge in [-0.3, -0.25) is 0 Å². The molecule has 0 aliphatic rings. The molecule has 0 radical (unpaired) electrons. The van der Waals surface area contributed by atoms with Crippen molar-refractivity contribution in [2.75, 3.05) is 24.6 Å². The summed E-state index contributed by atoms with van der Waals surface area (Å²) in [7, 11) is -3.64. The maximum atomic E-state index is 11.9. The number of rotatable bonds is 9. The van der Waals surface area contributed by atoms with Crippen LogP contribution >= 0.6 is 0 Å². The summed E-state index contributed by atoms with van der Waals surface area (Å²) in [5.41, 5.74) is 0. The summed E-state index contributed by atoms with van der Waals surface area (Å²) < 4.78 is 58.1. The Hall–Kier alpha value is -0.340. The number of sulfone groups is 1. The molecule has 0 saturated heterocycles. The average molecular weight is 291 g/mol. The van der Waals surface area contributed by atoms with E-state index in [1.54, 1.807) is 0 Å². The monoisotopic (exact) mass is 291 g/mol. The molecule has 8 heteroatoms. The Balaban J connectivity index is 3.72. The minimum absolute atomic E-state index is 0.247. The van der Waals surface area contributed by atoms with Crippen molar-refractivity contribution < 1.29 is 26.7 Å². The molecule has 18 heavy (non-hydrogen) atoms. The van der Waals surface area contributed by atoms with Crippen molar-refractivity contribution in [1.82, 2.24) is 5.32 Å². The number of nitrogens with one attached hydrogen (secondary N) is 1. The number of hydrogen-bond acceptors (Lipinski definition) is 4. The molecule has 4 nitrogen and oxygen atoms in total. The number of aliphatic hydroxyl groups is 1. The highest BCUT2D eigenvalue weighted by Gasteiger charge is 2.29. The van der Waals surface area contributed by atoms with Crippen LogP contribution in [-0.4, -0.2) is 50.4 Å². The lowest BCUT2D eigenvalue weighted by Crippen LogP contribution is -2.28. The quantitative estimate of drug-likeness (QED) is 0.624. The van der Waals surface area contributed by atoms with Crippen molar-refractivity contribution in [3.63, 3.8) is 0 Å². The van der Waals surface area contributed by atoms with Crippen molar-refractivity contribution in [3.05, 3.63) is 0 Å². The van der Waals surface area contributed by atoms with Crippen molar-refractivity contribution in [2.24, 2.45) is 0 Å². The Labute approximate surface area is 105 Å². The molecule has 1 atom stereocenters. The van der Waals surface area contributed by atoms with Crippen molar-refractivity contribution >= 4 is 9.84 Å². The van der Waals surface area contributed by atoms with Gasteiger partial charge in [0.25, 0.3) is 0 Å². The van der Waals surface area contributed by atoms with Crippen molar-refractivity contribution in [1.29, 1.82) is 0 Å². The third kappa shape index (κ3) is 10.8. The lowest BCUT2D eigenvalue weighted by molar-refractivity contribution is -0.129. The maximum absolute atomic E-state index is 11.9. The Kier molecular flexibility index (Phi) is 7.81. The van der Waals surface area contributed by atoms with Gasteiger partial charge in [0.1, 0.15) is 0 Å². The van der Waals surface area contributed by atoms with E-state index in [-0.39, 0.29) is 12.2 Å². The molecule has 0 aliphatic carbocycles. The highest BCUT2D eigenvalue weighted by atomic mass is 32.2. The molecular formula is C10H20F3NO3S. The Morgan fingerprint density at radius 3 is 2.39 bits per heavy atom. The molecule has 0 heterocycles. The fraction of sp³-hybridized carbons (Fsp3) is 1.00. The number of hydrogen-bond donors (Lipinski definition) is 2. The van der Waals surface area contributed by atoms with E-state index in [2.05, 4.69) is 5.32 Å². The van der Waals surface area contributed by atoms with Gasteiger partial charge in [-0.05, 0) is 19.4 Å². The second-order valence-corrected chi connectivity index (χ2v) is 6.44. The van der Waals surface area contributed by atoms with Crippen LogP contribution in [0, 0.1) is 0 Å². The summed E-state index contributed by atoms with van der Waals surface area (Å²) in [5.74, 6) is -1.12. The molecule has 0 fully saturated rings. The average Bonchev–Trinajstić information content (AvgIpc) is 2.25. The first-order valence-electron chi connectivity index (χ1n) is 5.82. The summed E-state index contributed by atoms with van der Waals surface area (Å²) in [6, 6.07) is 0. The largest absolute Gasteiger partial charge is 0.392 e. The minimum Gasteiger partial charge on any atom is -0.392 e. The van der Waals surface area contributed by atoms with Gasteiger partial charge in [0.15, 0.2) is 9.84 Å². The summed E-state index contributed by atoms with van der Waals surface area (Å²) in [6.45, 7) is 2.54. The molecule has 0 aliphatic heterocycles. The Morgan fingerprint density at radius 2 is 1.89 bits per heavy atom. The van der Waals surface area contributed by atoms with Gasteiger partial charge in [0.05, 0.1) is 24.0 Å². The molecule has 0 amide bonds. The predicted molar refractivity (Wildman–Crippen MR) is 63.1 cm³/mol. The lowest BCUT2D eigenvalue weighted by atomic mass is 10.3. The zero-order valence-electron chi connectivity index (χ0n) is 10.3. The molecule has 0 spiro atoms. The second-order valence-electron chi connectivity index (χ2n) is 4.14. The van der Waals surface area contributed by atoms with E-state index >= 15 is 0 Å². The molecule has 0 rings (SSSR count). The van der Waals surface area contributed by atoms with E-state index in [4.69, 9.17) is 0 Å². The molecule has 1 unspecified atom stereocenters. The summed E-state index contributed by atoms with van der Waals surface area (Å²) in [4.78, 5) is 0. The lowest BCUT2D eigenvalue weighted by Gasteiger charge is -2.10. The molecule has 110 valence electrons. The molecular weight excluding hydrogens is 271 g/mol. The summed E-state index contributed by atoms with van der Waals surface area (Å²) in [5, 5.41) is 12.0. The van der Waals surface area contributed by atoms with E-state index in [9.17, 15) is 26.7 Å². The van der Waals surface area contributed by atoms with Crippen LogP contribution in [0.4, 0.5) is 13.2 Å². The van der Waals surface area contributed by atoms with E-state index in [1.807, 2.05) is 6.92 Å². The molecule has 0 aromatic heterocycles. The molecule has 0 aromatic carbocycles. The number of halogens is 3. The predicted octanol–water partition coefficient (Wildman–Crippen LogP) is 1.10. The van der Waals surface area contributed by atoms with Crippen molar-refractivity contribution in [2.45, 2.75) is 38.5 Å². The zero-order valence-corrected chi connectivity index (χ0v) is 11.1. The molecule has 0 aromatic rings. The van der Waals surface area contributed by atoms with Crippen LogP contribution in [-0.2, 0) is 9.84 Å². The van der Waals surface area contributed by atoms with Gasteiger partial charge in [0, 0.05) is 6.54 Å². The third-order valence-electron chi connectivity index (χ3n) is 2.36. The van der Waals surface area contributed by atoms with Gasteiger partial charge in [-0.1, -0.05) is 6.92 Å². The van der Waals surface area contributed by atoms with Crippen LogP contribution in [0.15, 0.2) is 0 Å². The normalized spacial score (nSPS) is 14.7. The smallest absolute Gasteiger partial charge is 0.390 e. The minimum atomic E-state index is -4.43. The Morgan fingerprint density at radius 1 is 1.28 bits per heavy atom. The number of alkyl halides is 3. The Bertz CT molecular complexity index is 317. The fourth-order valence-corrected chi connectivity index (χ4v) is 2.53. The second kappa shape index (κ2) is 7.96. The van der Waals surface area contributed by atoms with E-state index in [0.717, 1.165) is 0 Å².